The van der Waals surface area contributed by atoms with E-state index >= 15 is 0 Å². The maximum atomic E-state index is 12.6. The number of halogens is 2. The predicted molar refractivity (Wildman–Crippen MR) is 102 cm³/mol. The molecule has 0 radical (unpaired) electrons. The fourth-order valence-corrected chi connectivity index (χ4v) is 2.66. The van der Waals surface area contributed by atoms with Crippen LogP contribution < -0.4 is 20.3 Å². The Balaban J connectivity index is 1.91. The summed E-state index contributed by atoms with van der Waals surface area (Å²) in [5, 5.41) is 12.2. The fraction of sp³-hybridized carbons (Fsp3) is 0.150. The van der Waals surface area contributed by atoms with Gasteiger partial charge in [0.25, 0.3) is 5.56 Å². The highest BCUT2D eigenvalue weighted by molar-refractivity contribution is 5.67. The number of ether oxygens (including phenoxy) is 2. The van der Waals surface area contributed by atoms with Gasteiger partial charge in [0.1, 0.15) is 23.1 Å². The van der Waals surface area contributed by atoms with Crippen molar-refractivity contribution in [3.05, 3.63) is 70.0 Å². The number of aromatic nitrogens is 2. The largest absolute Gasteiger partial charge is 0.497 e. The minimum atomic E-state index is -2.95. The highest BCUT2D eigenvalue weighted by Gasteiger charge is 2.14. The van der Waals surface area contributed by atoms with Gasteiger partial charge >= 0.3 is 6.61 Å². The highest BCUT2D eigenvalue weighted by atomic mass is 19.3. The zero-order valence-electron chi connectivity index (χ0n) is 15.3. The number of rotatable bonds is 7. The van der Waals surface area contributed by atoms with Gasteiger partial charge in [0, 0.05) is 17.7 Å². The van der Waals surface area contributed by atoms with E-state index < -0.39 is 12.2 Å². The van der Waals surface area contributed by atoms with Gasteiger partial charge in [0.2, 0.25) is 5.95 Å². The van der Waals surface area contributed by atoms with E-state index in [1.165, 1.54) is 13.2 Å². The van der Waals surface area contributed by atoms with Gasteiger partial charge in [0.05, 0.1) is 12.8 Å². The van der Waals surface area contributed by atoms with Crippen molar-refractivity contribution in [3.8, 4) is 28.8 Å². The van der Waals surface area contributed by atoms with Gasteiger partial charge < -0.3 is 14.8 Å². The van der Waals surface area contributed by atoms with E-state index in [1.54, 1.807) is 42.5 Å². The molecule has 0 amide bonds. The molecule has 9 heteroatoms. The van der Waals surface area contributed by atoms with Crippen molar-refractivity contribution in [2.75, 3.05) is 12.4 Å². The van der Waals surface area contributed by atoms with Crippen molar-refractivity contribution in [2.45, 2.75) is 13.2 Å². The molecule has 1 aromatic heterocycles. The minimum Gasteiger partial charge on any atom is -0.497 e. The number of hydrogen-bond donors (Lipinski definition) is 2. The molecule has 29 heavy (non-hydrogen) atoms. The molecule has 0 aliphatic carbocycles. The van der Waals surface area contributed by atoms with E-state index in [-0.39, 0.29) is 29.5 Å². The smallest absolute Gasteiger partial charge is 0.387 e. The molecule has 0 bridgehead atoms. The zero-order valence-corrected chi connectivity index (χ0v) is 15.3. The SMILES string of the molecule is COc1ccc(-c2nc(NCc3ccccc3OC(F)F)[nH]c(=O)c2C#N)cc1. The number of hydrogen-bond acceptors (Lipinski definition) is 6. The van der Waals surface area contributed by atoms with Crippen LogP contribution in [0, 0.1) is 11.3 Å². The van der Waals surface area contributed by atoms with Crippen molar-refractivity contribution in [1.29, 1.82) is 5.26 Å². The Bertz CT molecular complexity index is 1090. The first-order valence-corrected chi connectivity index (χ1v) is 8.47. The second-order valence-electron chi connectivity index (χ2n) is 5.82. The van der Waals surface area contributed by atoms with Gasteiger partial charge in [-0.15, -0.1) is 0 Å². The molecule has 0 spiro atoms. The summed E-state index contributed by atoms with van der Waals surface area (Å²) in [6.45, 7) is -2.88. The number of nitrogens with zero attached hydrogens (tertiary/aromatic N) is 2. The third-order valence-corrected chi connectivity index (χ3v) is 4.03. The number of para-hydroxylation sites is 1. The Hall–Kier alpha value is -3.93. The molecule has 0 atom stereocenters. The first-order chi connectivity index (χ1) is 14.0. The van der Waals surface area contributed by atoms with Crippen molar-refractivity contribution in [3.63, 3.8) is 0 Å². The third-order valence-electron chi connectivity index (χ3n) is 4.03. The van der Waals surface area contributed by atoms with Crippen LogP contribution in [0.2, 0.25) is 0 Å². The predicted octanol–water partition coefficient (Wildman–Crippen LogP) is 3.53. The van der Waals surface area contributed by atoms with Crippen LogP contribution in [-0.4, -0.2) is 23.7 Å². The molecule has 1 heterocycles. The van der Waals surface area contributed by atoms with Crippen molar-refractivity contribution < 1.29 is 18.3 Å². The number of nitrogens with one attached hydrogen (secondary N) is 2. The number of benzene rings is 2. The molecular weight excluding hydrogens is 382 g/mol. The lowest BCUT2D eigenvalue weighted by Gasteiger charge is -2.12. The number of aromatic amines is 1. The maximum absolute atomic E-state index is 12.6. The van der Waals surface area contributed by atoms with E-state index in [2.05, 4.69) is 20.0 Å². The number of alkyl halides is 2. The van der Waals surface area contributed by atoms with Crippen LogP contribution in [-0.2, 0) is 6.54 Å². The zero-order chi connectivity index (χ0) is 20.8. The van der Waals surface area contributed by atoms with Crippen LogP contribution in [0.1, 0.15) is 11.1 Å². The van der Waals surface area contributed by atoms with Crippen LogP contribution in [0.5, 0.6) is 11.5 Å². The molecule has 2 N–H and O–H groups in total. The fourth-order valence-electron chi connectivity index (χ4n) is 2.66. The Morgan fingerprint density at radius 3 is 2.59 bits per heavy atom. The summed E-state index contributed by atoms with van der Waals surface area (Å²) >= 11 is 0. The molecule has 0 aliphatic heterocycles. The van der Waals surface area contributed by atoms with Crippen molar-refractivity contribution in [2.24, 2.45) is 0 Å². The summed E-state index contributed by atoms with van der Waals surface area (Å²) in [7, 11) is 1.53. The minimum absolute atomic E-state index is 0.0152. The summed E-state index contributed by atoms with van der Waals surface area (Å²) in [6, 6.07) is 14.9. The average Bonchev–Trinajstić information content (AvgIpc) is 2.72. The maximum Gasteiger partial charge on any atom is 0.387 e. The molecule has 148 valence electrons. The number of anilines is 1. The third kappa shape index (κ3) is 4.68. The molecule has 0 saturated carbocycles. The second-order valence-corrected chi connectivity index (χ2v) is 5.82. The van der Waals surface area contributed by atoms with Crippen LogP contribution >= 0.6 is 0 Å². The Kier molecular flexibility index (Phi) is 6.04. The van der Waals surface area contributed by atoms with E-state index in [0.29, 0.717) is 16.9 Å². The van der Waals surface area contributed by atoms with Gasteiger partial charge in [-0.25, -0.2) is 4.98 Å². The first-order valence-electron chi connectivity index (χ1n) is 8.47. The number of nitriles is 1. The van der Waals surface area contributed by atoms with E-state index in [1.807, 2.05) is 6.07 Å². The van der Waals surface area contributed by atoms with Gasteiger partial charge in [-0.2, -0.15) is 14.0 Å². The number of methoxy groups -OCH3 is 1. The standard InChI is InChI=1S/C20H16F2N4O3/c1-28-14-8-6-12(7-9-14)17-15(10-23)18(27)26-20(25-17)24-11-13-4-2-3-5-16(13)29-19(21)22/h2-9,19H,11H2,1H3,(H2,24,25,26,27). The van der Waals surface area contributed by atoms with Crippen molar-refractivity contribution in [1.82, 2.24) is 9.97 Å². The summed E-state index contributed by atoms with van der Waals surface area (Å²) in [4.78, 5) is 19.1. The molecule has 0 aliphatic rings. The lowest BCUT2D eigenvalue weighted by molar-refractivity contribution is -0.0504. The van der Waals surface area contributed by atoms with Crippen molar-refractivity contribution >= 4 is 5.95 Å². The highest BCUT2D eigenvalue weighted by Crippen LogP contribution is 2.24. The quantitative estimate of drug-likeness (QED) is 0.632. The van der Waals surface area contributed by atoms with Crippen LogP contribution in [0.3, 0.4) is 0 Å². The molecule has 3 aromatic rings. The van der Waals surface area contributed by atoms with Crippen LogP contribution in [0.25, 0.3) is 11.3 Å². The topological polar surface area (TPSA) is 100 Å². The van der Waals surface area contributed by atoms with Crippen LogP contribution in [0.15, 0.2) is 53.3 Å². The Morgan fingerprint density at radius 2 is 1.93 bits per heavy atom. The molecule has 3 rings (SSSR count). The molecule has 0 fully saturated rings. The molecule has 0 unspecified atom stereocenters. The summed E-state index contributed by atoms with van der Waals surface area (Å²) in [5.41, 5.74) is 0.442. The van der Waals surface area contributed by atoms with E-state index in [4.69, 9.17) is 4.74 Å². The van der Waals surface area contributed by atoms with Gasteiger partial charge in [0.15, 0.2) is 0 Å². The van der Waals surface area contributed by atoms with E-state index in [0.717, 1.165) is 0 Å². The lowest BCUT2D eigenvalue weighted by atomic mass is 10.1. The second kappa shape index (κ2) is 8.84. The van der Waals surface area contributed by atoms with Gasteiger partial charge in [-0.3, -0.25) is 9.78 Å². The summed E-state index contributed by atoms with van der Waals surface area (Å²) in [5.74, 6) is 0.721. The molecule has 0 saturated heterocycles. The summed E-state index contributed by atoms with van der Waals surface area (Å²) < 4.78 is 34.7. The Labute approximate surface area is 164 Å². The molecule has 7 nitrogen and oxygen atoms in total. The Morgan fingerprint density at radius 1 is 1.21 bits per heavy atom. The average molecular weight is 398 g/mol. The molecule has 2 aromatic carbocycles. The molecular formula is C20H16F2N4O3. The van der Waals surface area contributed by atoms with Gasteiger partial charge in [-0.05, 0) is 30.3 Å². The monoisotopic (exact) mass is 398 g/mol. The van der Waals surface area contributed by atoms with Gasteiger partial charge in [-0.1, -0.05) is 18.2 Å². The summed E-state index contributed by atoms with van der Waals surface area (Å²) in [6.07, 6.45) is 0. The lowest BCUT2D eigenvalue weighted by Crippen LogP contribution is -2.17. The van der Waals surface area contributed by atoms with E-state index in [9.17, 15) is 18.8 Å². The van der Waals surface area contributed by atoms with Crippen LogP contribution in [0.4, 0.5) is 14.7 Å². The normalized spacial score (nSPS) is 10.4. The first kappa shape index (κ1) is 19.8. The number of H-pyrrole nitrogens is 1.